The van der Waals surface area contributed by atoms with Gasteiger partial charge in [0, 0.05) is 17.0 Å². The van der Waals surface area contributed by atoms with Crippen molar-refractivity contribution in [1.82, 2.24) is 4.98 Å². The Morgan fingerprint density at radius 1 is 1.16 bits per heavy atom. The summed E-state index contributed by atoms with van der Waals surface area (Å²) in [5.41, 5.74) is 0.853. The average molecular weight is 271 g/mol. The molecule has 0 aliphatic carbocycles. The molecule has 0 amide bonds. The third-order valence-corrected chi connectivity index (χ3v) is 3.95. The molecule has 1 aromatic heterocycles. The van der Waals surface area contributed by atoms with E-state index in [9.17, 15) is 5.11 Å². The fraction of sp³-hybridized carbons (Fsp3) is 0.133. The SMILES string of the molecule is COc1ccc(C(O)c2nccs2)c2ccccc12. The van der Waals surface area contributed by atoms with E-state index in [-0.39, 0.29) is 0 Å². The second-order valence-corrected chi connectivity index (χ2v) is 5.10. The Balaban J connectivity index is 2.20. The van der Waals surface area contributed by atoms with Crippen molar-refractivity contribution in [2.45, 2.75) is 6.10 Å². The summed E-state index contributed by atoms with van der Waals surface area (Å²) >= 11 is 1.45. The van der Waals surface area contributed by atoms with Gasteiger partial charge in [-0.15, -0.1) is 11.3 Å². The number of nitrogens with zero attached hydrogens (tertiary/aromatic N) is 1. The van der Waals surface area contributed by atoms with Crippen LogP contribution in [0.15, 0.2) is 48.0 Å². The van der Waals surface area contributed by atoms with Gasteiger partial charge in [-0.3, -0.25) is 0 Å². The van der Waals surface area contributed by atoms with E-state index in [1.165, 1.54) is 11.3 Å². The first-order valence-corrected chi connectivity index (χ1v) is 6.82. The van der Waals surface area contributed by atoms with Crippen molar-refractivity contribution in [2.24, 2.45) is 0 Å². The minimum Gasteiger partial charge on any atom is -0.496 e. The van der Waals surface area contributed by atoms with E-state index in [1.54, 1.807) is 13.3 Å². The van der Waals surface area contributed by atoms with Crippen molar-refractivity contribution in [1.29, 1.82) is 0 Å². The van der Waals surface area contributed by atoms with Gasteiger partial charge in [0.05, 0.1) is 7.11 Å². The zero-order valence-corrected chi connectivity index (χ0v) is 11.2. The van der Waals surface area contributed by atoms with Gasteiger partial charge in [-0.05, 0) is 17.0 Å². The Kier molecular flexibility index (Phi) is 3.19. The minimum absolute atomic E-state index is 0.698. The van der Waals surface area contributed by atoms with Crippen LogP contribution in [0.1, 0.15) is 16.7 Å². The van der Waals surface area contributed by atoms with Gasteiger partial charge in [-0.1, -0.05) is 30.3 Å². The molecular weight excluding hydrogens is 258 g/mol. The predicted octanol–water partition coefficient (Wildman–Crippen LogP) is 3.39. The third-order valence-electron chi connectivity index (χ3n) is 3.12. The van der Waals surface area contributed by atoms with Crippen LogP contribution in [0.3, 0.4) is 0 Å². The standard InChI is InChI=1S/C15H13NO2S/c1-18-13-7-6-12(10-4-2-3-5-11(10)13)14(17)15-16-8-9-19-15/h2-9,14,17H,1H3. The number of hydrogen-bond acceptors (Lipinski definition) is 4. The molecule has 3 nitrogen and oxygen atoms in total. The van der Waals surface area contributed by atoms with E-state index >= 15 is 0 Å². The van der Waals surface area contributed by atoms with Crippen molar-refractivity contribution in [3.05, 3.63) is 58.5 Å². The number of methoxy groups -OCH3 is 1. The molecular formula is C15H13NO2S. The van der Waals surface area contributed by atoms with Crippen LogP contribution in [0, 0.1) is 0 Å². The van der Waals surface area contributed by atoms with E-state index in [2.05, 4.69) is 4.98 Å². The van der Waals surface area contributed by atoms with E-state index in [0.717, 1.165) is 22.1 Å². The van der Waals surface area contributed by atoms with Crippen LogP contribution in [0.4, 0.5) is 0 Å². The molecule has 1 heterocycles. The normalized spacial score (nSPS) is 12.5. The first kappa shape index (κ1) is 12.1. The number of fused-ring (bicyclic) bond motifs is 1. The van der Waals surface area contributed by atoms with Crippen molar-refractivity contribution in [3.8, 4) is 5.75 Å². The zero-order chi connectivity index (χ0) is 13.2. The number of aliphatic hydroxyl groups excluding tert-OH is 1. The van der Waals surface area contributed by atoms with Crippen molar-refractivity contribution in [2.75, 3.05) is 7.11 Å². The summed E-state index contributed by atoms with van der Waals surface area (Å²) in [4.78, 5) is 4.18. The first-order valence-electron chi connectivity index (χ1n) is 5.94. The number of rotatable bonds is 3. The van der Waals surface area contributed by atoms with Gasteiger partial charge in [-0.25, -0.2) is 4.98 Å². The van der Waals surface area contributed by atoms with E-state index < -0.39 is 6.10 Å². The molecule has 96 valence electrons. The molecule has 0 saturated heterocycles. The van der Waals surface area contributed by atoms with Crippen LogP contribution in [0.5, 0.6) is 5.75 Å². The second kappa shape index (κ2) is 4.99. The number of ether oxygens (including phenoxy) is 1. The van der Waals surface area contributed by atoms with Gasteiger partial charge in [0.25, 0.3) is 0 Å². The Morgan fingerprint density at radius 3 is 2.63 bits per heavy atom. The topological polar surface area (TPSA) is 42.4 Å². The smallest absolute Gasteiger partial charge is 0.131 e. The van der Waals surface area contributed by atoms with Crippen molar-refractivity contribution in [3.63, 3.8) is 0 Å². The monoisotopic (exact) mass is 271 g/mol. The molecule has 0 aliphatic rings. The van der Waals surface area contributed by atoms with Gasteiger partial charge in [0.1, 0.15) is 16.9 Å². The van der Waals surface area contributed by atoms with Crippen LogP contribution in [0.2, 0.25) is 0 Å². The fourth-order valence-electron chi connectivity index (χ4n) is 2.21. The molecule has 0 bridgehead atoms. The summed E-state index contributed by atoms with van der Waals surface area (Å²) in [6.45, 7) is 0. The summed E-state index contributed by atoms with van der Waals surface area (Å²) in [6.07, 6.45) is 1.00. The van der Waals surface area contributed by atoms with E-state index in [1.807, 2.05) is 41.8 Å². The summed E-state index contributed by atoms with van der Waals surface area (Å²) in [5.74, 6) is 0.811. The first-order chi connectivity index (χ1) is 9.31. The summed E-state index contributed by atoms with van der Waals surface area (Å²) < 4.78 is 5.36. The van der Waals surface area contributed by atoms with Gasteiger partial charge >= 0.3 is 0 Å². The molecule has 0 aliphatic heterocycles. The lowest BCUT2D eigenvalue weighted by molar-refractivity contribution is 0.221. The maximum atomic E-state index is 10.4. The molecule has 0 saturated carbocycles. The molecule has 1 unspecified atom stereocenters. The molecule has 0 fully saturated rings. The van der Waals surface area contributed by atoms with Crippen LogP contribution in [-0.4, -0.2) is 17.2 Å². The number of benzene rings is 2. The van der Waals surface area contributed by atoms with Gasteiger partial charge in [0.2, 0.25) is 0 Å². The molecule has 0 spiro atoms. The molecule has 3 aromatic rings. The highest BCUT2D eigenvalue weighted by Gasteiger charge is 2.17. The summed E-state index contributed by atoms with van der Waals surface area (Å²) in [7, 11) is 1.65. The van der Waals surface area contributed by atoms with Gasteiger partial charge in [0.15, 0.2) is 0 Å². The van der Waals surface area contributed by atoms with Crippen LogP contribution < -0.4 is 4.74 Å². The highest BCUT2D eigenvalue weighted by molar-refractivity contribution is 7.09. The summed E-state index contributed by atoms with van der Waals surface area (Å²) in [6, 6.07) is 11.7. The van der Waals surface area contributed by atoms with Crippen LogP contribution in [-0.2, 0) is 0 Å². The second-order valence-electron chi connectivity index (χ2n) is 4.18. The summed E-state index contributed by atoms with van der Waals surface area (Å²) in [5, 5.41) is 15.0. The molecule has 0 radical (unpaired) electrons. The number of aromatic nitrogens is 1. The Hall–Kier alpha value is -1.91. The maximum absolute atomic E-state index is 10.4. The highest BCUT2D eigenvalue weighted by atomic mass is 32.1. The minimum atomic E-state index is -0.698. The Labute approximate surface area is 115 Å². The quantitative estimate of drug-likeness (QED) is 0.794. The van der Waals surface area contributed by atoms with E-state index in [0.29, 0.717) is 5.01 Å². The molecule has 19 heavy (non-hydrogen) atoms. The molecule has 1 atom stereocenters. The fourth-order valence-corrected chi connectivity index (χ4v) is 2.85. The Morgan fingerprint density at radius 2 is 1.95 bits per heavy atom. The zero-order valence-electron chi connectivity index (χ0n) is 10.4. The van der Waals surface area contributed by atoms with Gasteiger partial charge < -0.3 is 9.84 Å². The molecule has 2 aromatic carbocycles. The van der Waals surface area contributed by atoms with Crippen molar-refractivity contribution < 1.29 is 9.84 Å². The molecule has 4 heteroatoms. The van der Waals surface area contributed by atoms with Crippen LogP contribution >= 0.6 is 11.3 Å². The predicted molar refractivity (Wildman–Crippen MR) is 76.7 cm³/mol. The number of thiazole rings is 1. The lowest BCUT2D eigenvalue weighted by Gasteiger charge is -2.13. The molecule has 3 rings (SSSR count). The van der Waals surface area contributed by atoms with Gasteiger partial charge in [-0.2, -0.15) is 0 Å². The maximum Gasteiger partial charge on any atom is 0.131 e. The lowest BCUT2D eigenvalue weighted by Crippen LogP contribution is -2.00. The Bertz CT molecular complexity index is 694. The van der Waals surface area contributed by atoms with Crippen LogP contribution in [0.25, 0.3) is 10.8 Å². The molecule has 1 N–H and O–H groups in total. The average Bonchev–Trinajstić information content (AvgIpc) is 2.99. The largest absolute Gasteiger partial charge is 0.496 e. The number of aliphatic hydroxyl groups is 1. The van der Waals surface area contributed by atoms with Crippen molar-refractivity contribution >= 4 is 22.1 Å². The van der Waals surface area contributed by atoms with E-state index in [4.69, 9.17) is 4.74 Å². The number of hydrogen-bond donors (Lipinski definition) is 1. The lowest BCUT2D eigenvalue weighted by atomic mass is 10.00. The third kappa shape index (κ3) is 2.09. The highest BCUT2D eigenvalue weighted by Crippen LogP contribution is 2.34.